The Morgan fingerprint density at radius 2 is 2.26 bits per heavy atom. The van der Waals surface area contributed by atoms with E-state index in [0.717, 1.165) is 18.6 Å². The SMILES string of the molecule is CCO[C@@H]1CN(Cc2ccc3[nH]ccc3c2)C[C@H]1O. The first kappa shape index (κ1) is 12.7. The lowest BCUT2D eigenvalue weighted by Crippen LogP contribution is -2.26. The third kappa shape index (κ3) is 2.66. The predicted molar refractivity (Wildman–Crippen MR) is 75.0 cm³/mol. The molecule has 19 heavy (non-hydrogen) atoms. The topological polar surface area (TPSA) is 48.5 Å². The predicted octanol–water partition coefficient (Wildman–Crippen LogP) is 1.75. The quantitative estimate of drug-likeness (QED) is 0.880. The minimum Gasteiger partial charge on any atom is -0.389 e. The van der Waals surface area contributed by atoms with Crippen LogP contribution in [0.3, 0.4) is 0 Å². The molecule has 0 aliphatic carbocycles. The molecule has 2 N–H and O–H groups in total. The molecule has 4 nitrogen and oxygen atoms in total. The summed E-state index contributed by atoms with van der Waals surface area (Å²) in [6.45, 7) is 4.98. The van der Waals surface area contributed by atoms with Crippen LogP contribution in [0.15, 0.2) is 30.5 Å². The second-order valence-electron chi connectivity index (χ2n) is 5.15. The number of nitrogens with one attached hydrogen (secondary N) is 1. The van der Waals surface area contributed by atoms with Gasteiger partial charge in [0, 0.05) is 38.0 Å². The number of fused-ring (bicyclic) bond motifs is 1. The fraction of sp³-hybridized carbons (Fsp3) is 0.467. The number of rotatable bonds is 4. The second kappa shape index (κ2) is 5.33. The first-order valence-electron chi connectivity index (χ1n) is 6.84. The molecule has 4 heteroatoms. The largest absolute Gasteiger partial charge is 0.389 e. The monoisotopic (exact) mass is 260 g/mol. The zero-order valence-corrected chi connectivity index (χ0v) is 11.2. The molecule has 0 saturated carbocycles. The zero-order chi connectivity index (χ0) is 13.2. The van der Waals surface area contributed by atoms with Crippen LogP contribution < -0.4 is 0 Å². The van der Waals surface area contributed by atoms with Crippen molar-refractivity contribution in [1.82, 2.24) is 9.88 Å². The number of ether oxygens (including phenoxy) is 1. The Balaban J connectivity index is 1.68. The van der Waals surface area contributed by atoms with Crippen LogP contribution >= 0.6 is 0 Å². The van der Waals surface area contributed by atoms with E-state index in [1.54, 1.807) is 0 Å². The number of aliphatic hydroxyl groups is 1. The van der Waals surface area contributed by atoms with Crippen molar-refractivity contribution in [3.8, 4) is 0 Å². The molecule has 0 unspecified atom stereocenters. The van der Waals surface area contributed by atoms with Crippen molar-refractivity contribution in [2.75, 3.05) is 19.7 Å². The molecule has 2 heterocycles. The summed E-state index contributed by atoms with van der Waals surface area (Å²) in [5, 5.41) is 11.2. The maximum absolute atomic E-state index is 9.94. The van der Waals surface area contributed by atoms with Gasteiger partial charge in [-0.05, 0) is 36.1 Å². The lowest BCUT2D eigenvalue weighted by molar-refractivity contribution is -0.00245. The smallest absolute Gasteiger partial charge is 0.0972 e. The van der Waals surface area contributed by atoms with Crippen LogP contribution in [0.4, 0.5) is 0 Å². The van der Waals surface area contributed by atoms with Crippen LogP contribution in [-0.4, -0.2) is 46.9 Å². The molecule has 0 amide bonds. The molecule has 1 saturated heterocycles. The van der Waals surface area contributed by atoms with Gasteiger partial charge in [0.2, 0.25) is 0 Å². The highest BCUT2D eigenvalue weighted by molar-refractivity contribution is 5.79. The van der Waals surface area contributed by atoms with E-state index in [1.165, 1.54) is 10.9 Å². The highest BCUT2D eigenvalue weighted by atomic mass is 16.5. The summed E-state index contributed by atoms with van der Waals surface area (Å²) in [6.07, 6.45) is 1.55. The zero-order valence-electron chi connectivity index (χ0n) is 11.2. The number of likely N-dealkylation sites (tertiary alicyclic amines) is 1. The number of β-amino-alcohol motifs (C(OH)–C–C–N with tert-alkyl or cyclic N) is 1. The van der Waals surface area contributed by atoms with Gasteiger partial charge < -0.3 is 14.8 Å². The van der Waals surface area contributed by atoms with Gasteiger partial charge in [0.05, 0.1) is 12.2 Å². The standard InChI is InChI=1S/C15H20N2O2/c1-2-19-15-10-17(9-14(15)18)8-11-3-4-13-12(7-11)5-6-16-13/h3-7,14-16,18H,2,8-10H2,1H3/t14-,15-/m1/s1. The molecule has 1 fully saturated rings. The number of nitrogens with zero attached hydrogens (tertiary/aromatic N) is 1. The average molecular weight is 260 g/mol. The van der Waals surface area contributed by atoms with Crippen molar-refractivity contribution in [1.29, 1.82) is 0 Å². The number of hydrogen-bond donors (Lipinski definition) is 2. The first-order chi connectivity index (χ1) is 9.26. The Morgan fingerprint density at radius 1 is 1.37 bits per heavy atom. The highest BCUT2D eigenvalue weighted by Crippen LogP contribution is 2.19. The highest BCUT2D eigenvalue weighted by Gasteiger charge is 2.31. The van der Waals surface area contributed by atoms with Gasteiger partial charge in [-0.25, -0.2) is 0 Å². The van der Waals surface area contributed by atoms with Crippen molar-refractivity contribution in [2.24, 2.45) is 0 Å². The molecule has 0 radical (unpaired) electrons. The summed E-state index contributed by atoms with van der Waals surface area (Å²) in [7, 11) is 0. The van der Waals surface area contributed by atoms with Gasteiger partial charge in [-0.3, -0.25) is 4.90 Å². The maximum Gasteiger partial charge on any atom is 0.0972 e. The molecule has 1 aliphatic rings. The Labute approximate surface area is 113 Å². The number of aliphatic hydroxyl groups excluding tert-OH is 1. The summed E-state index contributed by atoms with van der Waals surface area (Å²) in [4.78, 5) is 5.45. The fourth-order valence-electron chi connectivity index (χ4n) is 2.80. The molecule has 0 spiro atoms. The van der Waals surface area contributed by atoms with Crippen molar-refractivity contribution >= 4 is 10.9 Å². The van der Waals surface area contributed by atoms with Crippen LogP contribution in [0, 0.1) is 0 Å². The van der Waals surface area contributed by atoms with Gasteiger partial charge in [0.1, 0.15) is 0 Å². The molecule has 1 aromatic heterocycles. The van der Waals surface area contributed by atoms with Crippen LogP contribution in [0.25, 0.3) is 10.9 Å². The molecule has 0 bridgehead atoms. The van der Waals surface area contributed by atoms with Crippen LogP contribution in [0.2, 0.25) is 0 Å². The van der Waals surface area contributed by atoms with E-state index in [2.05, 4.69) is 34.1 Å². The third-order valence-electron chi connectivity index (χ3n) is 3.72. The average Bonchev–Trinajstić information content (AvgIpc) is 2.97. The minimum absolute atomic E-state index is 0.0408. The molecule has 1 aromatic carbocycles. The first-order valence-corrected chi connectivity index (χ1v) is 6.84. The van der Waals surface area contributed by atoms with Crippen LogP contribution in [0.5, 0.6) is 0 Å². The molecule has 2 atom stereocenters. The van der Waals surface area contributed by atoms with E-state index in [-0.39, 0.29) is 12.2 Å². The van der Waals surface area contributed by atoms with E-state index >= 15 is 0 Å². The van der Waals surface area contributed by atoms with Crippen LogP contribution in [-0.2, 0) is 11.3 Å². The molecular weight excluding hydrogens is 240 g/mol. The maximum atomic E-state index is 9.94. The summed E-state index contributed by atoms with van der Waals surface area (Å²) < 4.78 is 5.54. The Morgan fingerprint density at radius 3 is 3.11 bits per heavy atom. The minimum atomic E-state index is -0.365. The third-order valence-corrected chi connectivity index (χ3v) is 3.72. The van der Waals surface area contributed by atoms with E-state index < -0.39 is 0 Å². The van der Waals surface area contributed by atoms with E-state index in [1.807, 2.05) is 13.1 Å². The van der Waals surface area contributed by atoms with Crippen molar-refractivity contribution in [2.45, 2.75) is 25.7 Å². The fourth-order valence-corrected chi connectivity index (χ4v) is 2.80. The Bertz CT molecular complexity index is 552. The summed E-state index contributed by atoms with van der Waals surface area (Å²) in [5.41, 5.74) is 2.44. The molecule has 102 valence electrons. The van der Waals surface area contributed by atoms with Gasteiger partial charge in [0.15, 0.2) is 0 Å². The molecule has 2 aromatic rings. The van der Waals surface area contributed by atoms with Crippen LogP contribution in [0.1, 0.15) is 12.5 Å². The van der Waals surface area contributed by atoms with E-state index in [0.29, 0.717) is 13.2 Å². The van der Waals surface area contributed by atoms with Gasteiger partial charge in [-0.15, -0.1) is 0 Å². The second-order valence-corrected chi connectivity index (χ2v) is 5.15. The lowest BCUT2D eigenvalue weighted by Gasteiger charge is -2.15. The summed E-state index contributed by atoms with van der Waals surface area (Å²) >= 11 is 0. The van der Waals surface area contributed by atoms with Crippen molar-refractivity contribution in [3.63, 3.8) is 0 Å². The van der Waals surface area contributed by atoms with Gasteiger partial charge in [-0.1, -0.05) is 6.07 Å². The number of aromatic nitrogens is 1. The Kier molecular flexibility index (Phi) is 3.55. The molecule has 1 aliphatic heterocycles. The number of H-pyrrole nitrogens is 1. The van der Waals surface area contributed by atoms with Crippen molar-refractivity contribution in [3.05, 3.63) is 36.0 Å². The van der Waals surface area contributed by atoms with E-state index in [4.69, 9.17) is 4.74 Å². The number of hydrogen-bond acceptors (Lipinski definition) is 3. The lowest BCUT2D eigenvalue weighted by atomic mass is 10.1. The normalized spacial score (nSPS) is 24.3. The number of benzene rings is 1. The van der Waals surface area contributed by atoms with Gasteiger partial charge in [-0.2, -0.15) is 0 Å². The van der Waals surface area contributed by atoms with E-state index in [9.17, 15) is 5.11 Å². The van der Waals surface area contributed by atoms with Crippen molar-refractivity contribution < 1.29 is 9.84 Å². The van der Waals surface area contributed by atoms with Gasteiger partial charge >= 0.3 is 0 Å². The van der Waals surface area contributed by atoms with Gasteiger partial charge in [0.25, 0.3) is 0 Å². The molecular formula is C15H20N2O2. The molecule has 3 rings (SSSR count). The number of aromatic amines is 1. The Hall–Kier alpha value is -1.36. The summed E-state index contributed by atoms with van der Waals surface area (Å²) in [5.74, 6) is 0. The summed E-state index contributed by atoms with van der Waals surface area (Å²) in [6, 6.07) is 8.53.